The van der Waals surface area contributed by atoms with Gasteiger partial charge in [0.25, 0.3) is 0 Å². The standard InChI is InChI=1S/C21H28N6O2S/c1-4-9-18-22-20(25-12-14-26(15-13-25)30(28,29)5-2)19-16(3)24-27(21(19)23-18)17-10-7-6-8-11-17/h6-8,10-11H,4-5,9,12-15H2,1-3H3. The predicted molar refractivity (Wildman–Crippen MR) is 119 cm³/mol. The van der Waals surface area contributed by atoms with Crippen LogP contribution in [0.4, 0.5) is 5.82 Å². The Labute approximate surface area is 177 Å². The topological polar surface area (TPSA) is 84.2 Å². The van der Waals surface area contributed by atoms with Gasteiger partial charge in [-0.2, -0.15) is 9.40 Å². The van der Waals surface area contributed by atoms with Crippen molar-refractivity contribution in [2.45, 2.75) is 33.6 Å². The number of anilines is 1. The summed E-state index contributed by atoms with van der Waals surface area (Å²) in [6.45, 7) is 7.92. The summed E-state index contributed by atoms with van der Waals surface area (Å²) >= 11 is 0. The minimum absolute atomic E-state index is 0.133. The van der Waals surface area contributed by atoms with Gasteiger partial charge in [0.2, 0.25) is 10.0 Å². The molecule has 0 unspecified atom stereocenters. The van der Waals surface area contributed by atoms with Crippen LogP contribution in [0.3, 0.4) is 0 Å². The molecule has 1 saturated heterocycles. The average Bonchev–Trinajstić information content (AvgIpc) is 3.10. The first-order valence-electron chi connectivity index (χ1n) is 10.5. The van der Waals surface area contributed by atoms with Gasteiger partial charge in [-0.25, -0.2) is 23.1 Å². The maximum Gasteiger partial charge on any atom is 0.213 e. The Hall–Kier alpha value is -2.52. The fraction of sp³-hybridized carbons (Fsp3) is 0.476. The molecule has 160 valence electrons. The largest absolute Gasteiger partial charge is 0.353 e. The second kappa shape index (κ2) is 8.31. The summed E-state index contributed by atoms with van der Waals surface area (Å²) in [7, 11) is -3.17. The van der Waals surface area contributed by atoms with Crippen molar-refractivity contribution >= 4 is 26.9 Å². The molecule has 0 radical (unpaired) electrons. The van der Waals surface area contributed by atoms with Gasteiger partial charge < -0.3 is 4.90 Å². The van der Waals surface area contributed by atoms with Crippen LogP contribution >= 0.6 is 0 Å². The lowest BCUT2D eigenvalue weighted by atomic mass is 10.2. The molecule has 1 aliphatic heterocycles. The highest BCUT2D eigenvalue weighted by Gasteiger charge is 2.28. The first-order chi connectivity index (χ1) is 14.4. The van der Waals surface area contributed by atoms with Gasteiger partial charge in [-0.1, -0.05) is 25.1 Å². The second-order valence-electron chi connectivity index (χ2n) is 7.53. The van der Waals surface area contributed by atoms with Crippen LogP contribution < -0.4 is 4.90 Å². The third kappa shape index (κ3) is 3.79. The Morgan fingerprint density at radius 3 is 2.33 bits per heavy atom. The maximum absolute atomic E-state index is 12.2. The number of piperazine rings is 1. The molecular weight excluding hydrogens is 400 g/mol. The monoisotopic (exact) mass is 428 g/mol. The minimum Gasteiger partial charge on any atom is -0.353 e. The van der Waals surface area contributed by atoms with Crippen LogP contribution in [-0.2, 0) is 16.4 Å². The number of benzene rings is 1. The van der Waals surface area contributed by atoms with Crippen molar-refractivity contribution in [3.63, 3.8) is 0 Å². The Balaban J connectivity index is 1.77. The van der Waals surface area contributed by atoms with E-state index in [0.717, 1.165) is 46.9 Å². The zero-order valence-corrected chi connectivity index (χ0v) is 18.6. The lowest BCUT2D eigenvalue weighted by molar-refractivity contribution is 0.384. The predicted octanol–water partition coefficient (Wildman–Crippen LogP) is 2.55. The third-order valence-electron chi connectivity index (χ3n) is 5.50. The molecule has 8 nitrogen and oxygen atoms in total. The summed E-state index contributed by atoms with van der Waals surface area (Å²) in [5.41, 5.74) is 2.63. The van der Waals surface area contributed by atoms with Crippen LogP contribution in [0.5, 0.6) is 0 Å². The highest BCUT2D eigenvalue weighted by molar-refractivity contribution is 7.89. The van der Waals surface area contributed by atoms with Gasteiger partial charge in [0.15, 0.2) is 5.65 Å². The van der Waals surface area contributed by atoms with Crippen LogP contribution in [0.25, 0.3) is 16.7 Å². The number of fused-ring (bicyclic) bond motifs is 1. The van der Waals surface area contributed by atoms with Gasteiger partial charge in [0.1, 0.15) is 11.6 Å². The van der Waals surface area contributed by atoms with E-state index >= 15 is 0 Å². The molecule has 30 heavy (non-hydrogen) atoms. The Bertz CT molecular complexity index is 1140. The number of aryl methyl sites for hydroxylation is 2. The van der Waals surface area contributed by atoms with Crippen molar-refractivity contribution in [2.75, 3.05) is 36.8 Å². The van der Waals surface area contributed by atoms with E-state index in [-0.39, 0.29) is 5.75 Å². The van der Waals surface area contributed by atoms with E-state index in [1.807, 2.05) is 41.9 Å². The summed E-state index contributed by atoms with van der Waals surface area (Å²) in [6, 6.07) is 9.99. The maximum atomic E-state index is 12.2. The lowest BCUT2D eigenvalue weighted by Crippen LogP contribution is -2.49. The molecule has 1 fully saturated rings. The van der Waals surface area contributed by atoms with Gasteiger partial charge in [0.05, 0.1) is 22.5 Å². The molecule has 0 bridgehead atoms. The molecule has 0 saturated carbocycles. The zero-order chi connectivity index (χ0) is 21.3. The highest BCUT2D eigenvalue weighted by atomic mass is 32.2. The van der Waals surface area contributed by atoms with Crippen molar-refractivity contribution in [1.82, 2.24) is 24.1 Å². The SMILES string of the molecule is CCCc1nc(N2CCN(S(=O)(=O)CC)CC2)c2c(C)nn(-c3ccccc3)c2n1. The first kappa shape index (κ1) is 20.7. The molecule has 0 spiro atoms. The molecule has 0 aliphatic carbocycles. The van der Waals surface area contributed by atoms with E-state index in [9.17, 15) is 8.42 Å². The fourth-order valence-corrected chi connectivity index (χ4v) is 4.96. The van der Waals surface area contributed by atoms with Crippen LogP contribution in [-0.4, -0.2) is 64.4 Å². The summed E-state index contributed by atoms with van der Waals surface area (Å²) < 4.78 is 27.9. The summed E-state index contributed by atoms with van der Waals surface area (Å²) in [5.74, 6) is 1.78. The van der Waals surface area contributed by atoms with Gasteiger partial charge in [-0.3, -0.25) is 0 Å². The number of hydrogen-bond acceptors (Lipinski definition) is 6. The molecule has 2 aromatic heterocycles. The van der Waals surface area contributed by atoms with E-state index in [2.05, 4.69) is 11.8 Å². The summed E-state index contributed by atoms with van der Waals surface area (Å²) in [4.78, 5) is 11.9. The third-order valence-corrected chi connectivity index (χ3v) is 7.38. The van der Waals surface area contributed by atoms with Crippen molar-refractivity contribution in [2.24, 2.45) is 0 Å². The van der Waals surface area contributed by atoms with Crippen molar-refractivity contribution in [3.8, 4) is 5.69 Å². The number of para-hydroxylation sites is 1. The van der Waals surface area contributed by atoms with Crippen LogP contribution in [0, 0.1) is 6.92 Å². The Kier molecular flexibility index (Phi) is 5.75. The van der Waals surface area contributed by atoms with E-state index in [4.69, 9.17) is 15.1 Å². The number of nitrogens with zero attached hydrogens (tertiary/aromatic N) is 6. The Morgan fingerprint density at radius 2 is 1.70 bits per heavy atom. The van der Waals surface area contributed by atoms with Crippen molar-refractivity contribution in [1.29, 1.82) is 0 Å². The first-order valence-corrected chi connectivity index (χ1v) is 12.1. The molecule has 0 amide bonds. The van der Waals surface area contributed by atoms with Gasteiger partial charge in [-0.05, 0) is 32.4 Å². The smallest absolute Gasteiger partial charge is 0.213 e. The quantitative estimate of drug-likeness (QED) is 0.600. The zero-order valence-electron chi connectivity index (χ0n) is 17.7. The fourth-order valence-electron chi connectivity index (χ4n) is 3.88. The van der Waals surface area contributed by atoms with E-state index < -0.39 is 10.0 Å². The molecule has 9 heteroatoms. The number of sulfonamides is 1. The molecule has 0 N–H and O–H groups in total. The van der Waals surface area contributed by atoms with Gasteiger partial charge in [-0.15, -0.1) is 0 Å². The van der Waals surface area contributed by atoms with Crippen LogP contribution in [0.2, 0.25) is 0 Å². The summed E-state index contributed by atoms with van der Waals surface area (Å²) in [6.07, 6.45) is 1.73. The van der Waals surface area contributed by atoms with E-state index in [0.29, 0.717) is 26.2 Å². The van der Waals surface area contributed by atoms with Gasteiger partial charge in [0, 0.05) is 32.6 Å². The van der Waals surface area contributed by atoms with Crippen LogP contribution in [0.15, 0.2) is 30.3 Å². The number of hydrogen-bond donors (Lipinski definition) is 0. The minimum atomic E-state index is -3.17. The van der Waals surface area contributed by atoms with Crippen molar-refractivity contribution in [3.05, 3.63) is 41.9 Å². The van der Waals surface area contributed by atoms with E-state index in [1.54, 1.807) is 11.2 Å². The molecule has 3 heterocycles. The lowest BCUT2D eigenvalue weighted by Gasteiger charge is -2.34. The molecule has 1 aromatic carbocycles. The van der Waals surface area contributed by atoms with Crippen molar-refractivity contribution < 1.29 is 8.42 Å². The second-order valence-corrected chi connectivity index (χ2v) is 9.79. The van der Waals surface area contributed by atoms with E-state index in [1.165, 1.54) is 0 Å². The molecule has 3 aromatic rings. The molecule has 1 aliphatic rings. The molecule has 0 atom stereocenters. The molecule has 4 rings (SSSR count). The van der Waals surface area contributed by atoms with Gasteiger partial charge >= 0.3 is 0 Å². The normalized spacial score (nSPS) is 15.8. The highest BCUT2D eigenvalue weighted by Crippen LogP contribution is 2.30. The molecular formula is C21H28N6O2S. The number of rotatable bonds is 6. The summed E-state index contributed by atoms with van der Waals surface area (Å²) in [5, 5.41) is 5.70. The Morgan fingerprint density at radius 1 is 1.00 bits per heavy atom. The number of aromatic nitrogens is 4. The van der Waals surface area contributed by atoms with Crippen LogP contribution in [0.1, 0.15) is 31.8 Å². The average molecular weight is 429 g/mol.